The minimum atomic E-state index is 0.667. The molecule has 0 amide bonds. The van der Waals surface area contributed by atoms with Gasteiger partial charge in [0.15, 0.2) is 0 Å². The van der Waals surface area contributed by atoms with Gasteiger partial charge in [-0.15, -0.1) is 0 Å². The van der Waals surface area contributed by atoms with Gasteiger partial charge in [0.25, 0.3) is 0 Å². The summed E-state index contributed by atoms with van der Waals surface area (Å²) >= 11 is 0. The van der Waals surface area contributed by atoms with E-state index in [0.29, 0.717) is 5.63 Å². The van der Waals surface area contributed by atoms with E-state index >= 15 is 0 Å². The first-order valence-corrected chi connectivity index (χ1v) is 2.97. The Bertz CT molecular complexity index is 175. The van der Waals surface area contributed by atoms with Gasteiger partial charge in [-0.05, 0) is 23.1 Å². The summed E-state index contributed by atoms with van der Waals surface area (Å²) in [5, 5.41) is 0. The van der Waals surface area contributed by atoms with E-state index in [1.807, 2.05) is 13.8 Å². The van der Waals surface area contributed by atoms with E-state index in [1.54, 1.807) is 0 Å². The van der Waals surface area contributed by atoms with Gasteiger partial charge in [0, 0.05) is 0 Å². The van der Waals surface area contributed by atoms with Crippen molar-refractivity contribution in [2.45, 2.75) is 13.8 Å². The van der Waals surface area contributed by atoms with Crippen molar-refractivity contribution < 1.29 is 4.42 Å². The van der Waals surface area contributed by atoms with Gasteiger partial charge in [0.05, 0.1) is 5.69 Å². The number of oxazole rings is 1. The van der Waals surface area contributed by atoms with Crippen LogP contribution in [0.1, 0.15) is 11.5 Å². The lowest BCUT2D eigenvalue weighted by Gasteiger charge is -1.77. The van der Waals surface area contributed by atoms with Crippen LogP contribution in [0.15, 0.2) is 4.42 Å². The quantitative estimate of drug-likeness (QED) is 0.484. The van der Waals surface area contributed by atoms with Crippen LogP contribution in [0.4, 0.5) is 0 Å². The minimum absolute atomic E-state index is 0.667. The summed E-state index contributed by atoms with van der Waals surface area (Å²) in [4.78, 5) is 4.01. The monoisotopic (exact) mass is 129 g/mol. The number of rotatable bonds is 0. The maximum absolute atomic E-state index is 5.07. The highest BCUT2D eigenvalue weighted by Gasteiger charge is 1.97. The van der Waals surface area contributed by atoms with Crippen LogP contribution in [0.5, 0.6) is 0 Å². The van der Waals surface area contributed by atoms with Gasteiger partial charge in [-0.1, -0.05) is 0 Å². The topological polar surface area (TPSA) is 26.0 Å². The Hall–Kier alpha value is -0.360. The van der Waals surface area contributed by atoms with Crippen molar-refractivity contribution in [3.8, 4) is 0 Å². The van der Waals surface area contributed by atoms with E-state index in [9.17, 15) is 0 Å². The van der Waals surface area contributed by atoms with Crippen LogP contribution in [0, 0.1) is 13.8 Å². The van der Waals surface area contributed by atoms with Crippen molar-refractivity contribution in [3.63, 3.8) is 0 Å². The normalized spacial score (nSPS) is 9.88. The molecule has 0 N–H and O–H groups in total. The molecule has 44 valence electrons. The Balaban J connectivity index is 3.14. The fourth-order valence-corrected chi connectivity index (χ4v) is 0.868. The maximum atomic E-state index is 5.07. The van der Waals surface area contributed by atoms with Crippen LogP contribution in [0.2, 0.25) is 0 Å². The zero-order chi connectivity index (χ0) is 6.15. The van der Waals surface area contributed by atoms with Crippen LogP contribution in [-0.2, 0) is 0 Å². The number of nitrogens with zero attached hydrogens (tertiary/aromatic N) is 1. The van der Waals surface area contributed by atoms with Crippen molar-refractivity contribution in [2.75, 3.05) is 0 Å². The number of hydrogen-bond acceptors (Lipinski definition) is 2. The summed E-state index contributed by atoms with van der Waals surface area (Å²) < 4.78 is 5.07. The SMILES string of the molecule is Cc1nc(P)oc1C. The Morgan fingerprint density at radius 3 is 2.25 bits per heavy atom. The van der Waals surface area contributed by atoms with Crippen molar-refractivity contribution in [3.05, 3.63) is 11.5 Å². The molecule has 0 aliphatic rings. The molecule has 0 spiro atoms. The van der Waals surface area contributed by atoms with Gasteiger partial charge < -0.3 is 4.42 Å². The molecule has 8 heavy (non-hydrogen) atoms. The van der Waals surface area contributed by atoms with Gasteiger partial charge in [-0.2, -0.15) is 0 Å². The average Bonchev–Trinajstić information content (AvgIpc) is 1.85. The van der Waals surface area contributed by atoms with E-state index in [-0.39, 0.29) is 0 Å². The van der Waals surface area contributed by atoms with Gasteiger partial charge >= 0.3 is 0 Å². The molecular formula is C5H8NOP. The van der Waals surface area contributed by atoms with Gasteiger partial charge in [-0.3, -0.25) is 0 Å². The highest BCUT2D eigenvalue weighted by atomic mass is 31.0. The predicted octanol–water partition coefficient (Wildman–Crippen LogP) is 0.792. The first-order chi connectivity index (χ1) is 3.70. The number of aromatic nitrogens is 1. The first-order valence-electron chi connectivity index (χ1n) is 2.39. The lowest BCUT2D eigenvalue weighted by Crippen LogP contribution is -1.86. The maximum Gasteiger partial charge on any atom is 0.210 e. The minimum Gasteiger partial charge on any atom is -0.442 e. The molecular weight excluding hydrogens is 121 g/mol. The molecule has 0 saturated heterocycles. The molecule has 1 atom stereocenters. The zero-order valence-corrected chi connectivity index (χ0v) is 6.09. The van der Waals surface area contributed by atoms with E-state index in [2.05, 4.69) is 14.2 Å². The molecule has 1 unspecified atom stereocenters. The van der Waals surface area contributed by atoms with Crippen LogP contribution in [0.3, 0.4) is 0 Å². The van der Waals surface area contributed by atoms with Crippen LogP contribution in [-0.4, -0.2) is 4.98 Å². The molecule has 0 aliphatic heterocycles. The molecule has 1 aromatic rings. The van der Waals surface area contributed by atoms with E-state index < -0.39 is 0 Å². The summed E-state index contributed by atoms with van der Waals surface area (Å²) in [6, 6.07) is 0. The molecule has 0 fully saturated rings. The standard InChI is InChI=1S/C5H8NOP/c1-3-4(2)7-5(8)6-3/h8H2,1-2H3. The Morgan fingerprint density at radius 1 is 1.50 bits per heavy atom. The zero-order valence-electron chi connectivity index (χ0n) is 4.93. The molecule has 0 aromatic carbocycles. The van der Waals surface area contributed by atoms with Crippen molar-refractivity contribution >= 4 is 14.9 Å². The summed E-state index contributed by atoms with van der Waals surface area (Å²) in [5.41, 5.74) is 1.63. The van der Waals surface area contributed by atoms with E-state index in [4.69, 9.17) is 4.42 Å². The predicted molar refractivity (Wildman–Crippen MR) is 35.3 cm³/mol. The molecule has 0 aliphatic carbocycles. The second kappa shape index (κ2) is 1.87. The largest absolute Gasteiger partial charge is 0.442 e. The van der Waals surface area contributed by atoms with E-state index in [1.165, 1.54) is 0 Å². The fraction of sp³-hybridized carbons (Fsp3) is 0.400. The van der Waals surface area contributed by atoms with Gasteiger partial charge in [-0.25, -0.2) is 4.98 Å². The highest BCUT2D eigenvalue weighted by molar-refractivity contribution is 7.26. The summed E-state index contributed by atoms with van der Waals surface area (Å²) in [7, 11) is 2.41. The average molecular weight is 129 g/mol. The van der Waals surface area contributed by atoms with Crippen LogP contribution < -0.4 is 5.63 Å². The van der Waals surface area contributed by atoms with Crippen molar-refractivity contribution in [2.24, 2.45) is 0 Å². The summed E-state index contributed by atoms with van der Waals surface area (Å²) in [5.74, 6) is 0.898. The van der Waals surface area contributed by atoms with E-state index in [0.717, 1.165) is 11.5 Å². The molecule has 2 nitrogen and oxygen atoms in total. The third-order valence-corrected chi connectivity index (χ3v) is 1.29. The number of hydrogen-bond donors (Lipinski definition) is 0. The summed E-state index contributed by atoms with van der Waals surface area (Å²) in [6.07, 6.45) is 0. The van der Waals surface area contributed by atoms with Crippen molar-refractivity contribution in [1.82, 2.24) is 4.98 Å². The van der Waals surface area contributed by atoms with Crippen LogP contribution in [0.25, 0.3) is 0 Å². The first kappa shape index (κ1) is 5.77. The lowest BCUT2D eigenvalue weighted by atomic mass is 10.4. The molecule has 3 heteroatoms. The Labute approximate surface area is 50.5 Å². The van der Waals surface area contributed by atoms with Crippen LogP contribution >= 0.6 is 9.24 Å². The molecule has 1 heterocycles. The van der Waals surface area contributed by atoms with Gasteiger partial charge in [0.2, 0.25) is 5.63 Å². The number of aryl methyl sites for hydroxylation is 2. The van der Waals surface area contributed by atoms with Crippen molar-refractivity contribution in [1.29, 1.82) is 0 Å². The third-order valence-electron chi connectivity index (χ3n) is 1.05. The molecule has 1 aromatic heterocycles. The second-order valence-corrected chi connectivity index (χ2v) is 2.19. The molecule has 1 rings (SSSR count). The molecule has 0 bridgehead atoms. The fourth-order valence-electron chi connectivity index (χ4n) is 0.498. The second-order valence-electron chi connectivity index (χ2n) is 1.69. The Morgan fingerprint density at radius 2 is 2.12 bits per heavy atom. The molecule has 0 radical (unpaired) electrons. The Kier molecular flexibility index (Phi) is 1.35. The smallest absolute Gasteiger partial charge is 0.210 e. The summed E-state index contributed by atoms with van der Waals surface area (Å²) in [6.45, 7) is 3.82. The highest BCUT2D eigenvalue weighted by Crippen LogP contribution is 2.01. The van der Waals surface area contributed by atoms with Gasteiger partial charge in [0.1, 0.15) is 5.76 Å². The third kappa shape index (κ3) is 0.896. The lowest BCUT2D eigenvalue weighted by molar-refractivity contribution is 0.561. The molecule has 0 saturated carbocycles.